The Bertz CT molecular complexity index is 419. The summed E-state index contributed by atoms with van der Waals surface area (Å²) < 4.78 is 13.2. The molecule has 2 rings (SSSR count). The third-order valence-corrected chi connectivity index (χ3v) is 3.51. The lowest BCUT2D eigenvalue weighted by Crippen LogP contribution is -2.34. The summed E-state index contributed by atoms with van der Waals surface area (Å²) in [5.41, 5.74) is 1.65. The van der Waals surface area contributed by atoms with Crippen LogP contribution in [0.3, 0.4) is 0 Å². The van der Waals surface area contributed by atoms with Crippen LogP contribution in [0.2, 0.25) is 0 Å². The van der Waals surface area contributed by atoms with E-state index in [-0.39, 0.29) is 11.9 Å². The second-order valence-electron chi connectivity index (χ2n) is 4.05. The Balaban J connectivity index is 2.25. The summed E-state index contributed by atoms with van der Waals surface area (Å²) in [5.74, 6) is -0.168. The van der Waals surface area contributed by atoms with Gasteiger partial charge in [0.05, 0.1) is 11.0 Å². The molecule has 1 fully saturated rings. The van der Waals surface area contributed by atoms with Crippen LogP contribution in [0.5, 0.6) is 0 Å². The van der Waals surface area contributed by atoms with Crippen LogP contribution < -0.4 is 10.2 Å². The Labute approximate surface area is 100 Å². The number of benzene rings is 1. The molecule has 0 amide bonds. The molecule has 0 aliphatic carbocycles. The molecule has 2 nitrogen and oxygen atoms in total. The molecule has 1 aliphatic heterocycles. The predicted molar refractivity (Wildman–Crippen MR) is 68.5 cm³/mol. The molecule has 1 heterocycles. The summed E-state index contributed by atoms with van der Waals surface area (Å²) in [6, 6.07) is 5.40. The molecule has 86 valence electrons. The first kappa shape index (κ1) is 11.5. The third kappa shape index (κ3) is 1.95. The van der Waals surface area contributed by atoms with Gasteiger partial charge in [-0.1, -0.05) is 12.2 Å². The summed E-state index contributed by atoms with van der Waals surface area (Å²) in [5, 5.41) is 3.18. The van der Waals surface area contributed by atoms with Gasteiger partial charge in [0.1, 0.15) is 5.82 Å². The van der Waals surface area contributed by atoms with Gasteiger partial charge in [-0.05, 0) is 44.2 Å². The van der Waals surface area contributed by atoms with E-state index in [1.54, 1.807) is 13.0 Å². The molecule has 16 heavy (non-hydrogen) atoms. The second-order valence-corrected chi connectivity index (χ2v) is 4.47. The molecular weight excluding hydrogens is 223 g/mol. The van der Waals surface area contributed by atoms with Crippen LogP contribution in [-0.2, 0) is 0 Å². The van der Waals surface area contributed by atoms with Gasteiger partial charge in [-0.15, -0.1) is 0 Å². The van der Waals surface area contributed by atoms with Crippen molar-refractivity contribution in [2.24, 2.45) is 0 Å². The lowest BCUT2D eigenvalue weighted by Gasteiger charge is -2.20. The molecule has 1 atom stereocenters. The molecule has 0 bridgehead atoms. The van der Waals surface area contributed by atoms with Gasteiger partial charge in [-0.25, -0.2) is 4.39 Å². The average molecular weight is 238 g/mol. The molecule has 0 aromatic heterocycles. The molecule has 0 saturated carbocycles. The number of hydrogen-bond donors (Lipinski definition) is 1. The topological polar surface area (TPSA) is 15.3 Å². The summed E-state index contributed by atoms with van der Waals surface area (Å²) in [6.45, 7) is 2.67. The Morgan fingerprint density at radius 3 is 2.81 bits per heavy atom. The maximum atomic E-state index is 13.2. The van der Waals surface area contributed by atoms with Crippen molar-refractivity contribution in [1.82, 2.24) is 5.32 Å². The van der Waals surface area contributed by atoms with Crippen molar-refractivity contribution >= 4 is 22.9 Å². The highest BCUT2D eigenvalue weighted by Gasteiger charge is 2.27. The summed E-state index contributed by atoms with van der Waals surface area (Å²) in [4.78, 5) is 2.97. The standard InChI is InChI=1S/C12H15FN2S/c1-8-7-9(3-4-10(8)13)15-6-5-11(14-2)12(15)16/h3-4,7,11,14H,5-6H2,1-2H3. The van der Waals surface area contributed by atoms with Gasteiger partial charge in [0.2, 0.25) is 0 Å². The van der Waals surface area contributed by atoms with E-state index in [1.165, 1.54) is 6.07 Å². The minimum atomic E-state index is -0.168. The Kier molecular flexibility index (Phi) is 3.21. The highest BCUT2D eigenvalue weighted by Crippen LogP contribution is 2.24. The maximum absolute atomic E-state index is 13.2. The third-order valence-electron chi connectivity index (χ3n) is 3.01. The fourth-order valence-corrected chi connectivity index (χ4v) is 2.43. The van der Waals surface area contributed by atoms with E-state index in [9.17, 15) is 4.39 Å². The molecule has 0 spiro atoms. The van der Waals surface area contributed by atoms with E-state index < -0.39 is 0 Å². The predicted octanol–water partition coefficient (Wildman–Crippen LogP) is 2.26. The van der Waals surface area contributed by atoms with Gasteiger partial charge in [0.25, 0.3) is 0 Å². The number of aryl methyl sites for hydroxylation is 1. The first-order chi connectivity index (χ1) is 7.63. The summed E-state index contributed by atoms with van der Waals surface area (Å²) >= 11 is 5.39. The van der Waals surface area contributed by atoms with Crippen LogP contribution in [0.1, 0.15) is 12.0 Å². The Morgan fingerprint density at radius 2 is 2.25 bits per heavy atom. The first-order valence-corrected chi connectivity index (χ1v) is 5.79. The van der Waals surface area contributed by atoms with Crippen molar-refractivity contribution < 1.29 is 4.39 Å². The number of hydrogen-bond acceptors (Lipinski definition) is 2. The number of rotatable bonds is 2. The highest BCUT2D eigenvalue weighted by atomic mass is 32.1. The van der Waals surface area contributed by atoms with Gasteiger partial charge >= 0.3 is 0 Å². The fourth-order valence-electron chi connectivity index (χ4n) is 2.00. The number of nitrogens with one attached hydrogen (secondary N) is 1. The second kappa shape index (κ2) is 4.47. The average Bonchev–Trinajstić information content (AvgIpc) is 2.64. The zero-order valence-corrected chi connectivity index (χ0v) is 10.3. The number of anilines is 1. The number of likely N-dealkylation sites (N-methyl/N-ethyl adjacent to an activating group) is 1. The Hall–Kier alpha value is -1.00. The molecular formula is C12H15FN2S. The van der Waals surface area contributed by atoms with Gasteiger partial charge in [0.15, 0.2) is 0 Å². The first-order valence-electron chi connectivity index (χ1n) is 5.38. The minimum Gasteiger partial charge on any atom is -0.335 e. The molecule has 1 saturated heterocycles. The van der Waals surface area contributed by atoms with E-state index in [0.29, 0.717) is 5.56 Å². The van der Waals surface area contributed by atoms with Crippen LogP contribution >= 0.6 is 12.2 Å². The molecule has 1 unspecified atom stereocenters. The lowest BCUT2D eigenvalue weighted by molar-refractivity contribution is 0.618. The van der Waals surface area contributed by atoms with Gasteiger partial charge in [0, 0.05) is 12.2 Å². The van der Waals surface area contributed by atoms with Crippen LogP contribution in [-0.4, -0.2) is 24.6 Å². The summed E-state index contributed by atoms with van der Waals surface area (Å²) in [6.07, 6.45) is 1.01. The molecule has 0 radical (unpaired) electrons. The quantitative estimate of drug-likeness (QED) is 0.796. The smallest absolute Gasteiger partial charge is 0.126 e. The Morgan fingerprint density at radius 1 is 1.50 bits per heavy atom. The largest absolute Gasteiger partial charge is 0.335 e. The van der Waals surface area contributed by atoms with Crippen LogP contribution in [0.4, 0.5) is 10.1 Å². The lowest BCUT2D eigenvalue weighted by atomic mass is 10.2. The van der Waals surface area contributed by atoms with Crippen LogP contribution in [0.15, 0.2) is 18.2 Å². The molecule has 4 heteroatoms. The van der Waals surface area contributed by atoms with Gasteiger partial charge < -0.3 is 10.2 Å². The van der Waals surface area contributed by atoms with Crippen molar-refractivity contribution in [3.05, 3.63) is 29.6 Å². The SMILES string of the molecule is CNC1CCN(c2ccc(F)c(C)c2)C1=S. The molecule has 1 aromatic carbocycles. The molecule has 1 aromatic rings. The number of halogens is 1. The van der Waals surface area contributed by atoms with E-state index in [2.05, 4.69) is 10.2 Å². The maximum Gasteiger partial charge on any atom is 0.126 e. The van der Waals surface area contributed by atoms with Crippen LogP contribution in [0, 0.1) is 12.7 Å². The number of thiocarbonyl (C=S) groups is 1. The molecule has 1 N–H and O–H groups in total. The zero-order chi connectivity index (χ0) is 11.7. The normalized spacial score (nSPS) is 20.6. The van der Waals surface area contributed by atoms with Crippen molar-refractivity contribution in [2.45, 2.75) is 19.4 Å². The zero-order valence-electron chi connectivity index (χ0n) is 9.46. The minimum absolute atomic E-state index is 0.168. The molecule has 1 aliphatic rings. The van der Waals surface area contributed by atoms with Crippen molar-refractivity contribution in [3.8, 4) is 0 Å². The van der Waals surface area contributed by atoms with Crippen molar-refractivity contribution in [2.75, 3.05) is 18.5 Å². The van der Waals surface area contributed by atoms with Crippen molar-refractivity contribution in [3.63, 3.8) is 0 Å². The van der Waals surface area contributed by atoms with Crippen molar-refractivity contribution in [1.29, 1.82) is 0 Å². The fraction of sp³-hybridized carbons (Fsp3) is 0.417. The van der Waals surface area contributed by atoms with E-state index in [0.717, 1.165) is 23.6 Å². The van der Waals surface area contributed by atoms with Gasteiger partial charge in [-0.2, -0.15) is 0 Å². The monoisotopic (exact) mass is 238 g/mol. The van der Waals surface area contributed by atoms with Crippen LogP contribution in [0.25, 0.3) is 0 Å². The highest BCUT2D eigenvalue weighted by molar-refractivity contribution is 7.80. The van der Waals surface area contributed by atoms with E-state index in [4.69, 9.17) is 12.2 Å². The van der Waals surface area contributed by atoms with Gasteiger partial charge in [-0.3, -0.25) is 0 Å². The van der Waals surface area contributed by atoms with E-state index >= 15 is 0 Å². The van der Waals surface area contributed by atoms with E-state index in [1.807, 2.05) is 13.1 Å². The number of nitrogens with zero attached hydrogens (tertiary/aromatic N) is 1. The summed E-state index contributed by atoms with van der Waals surface area (Å²) in [7, 11) is 1.91.